The van der Waals surface area contributed by atoms with Gasteiger partial charge in [-0.1, -0.05) is 36.4 Å². The van der Waals surface area contributed by atoms with Gasteiger partial charge in [-0.25, -0.2) is 0 Å². The van der Waals surface area contributed by atoms with Gasteiger partial charge in [0.15, 0.2) is 0 Å². The quantitative estimate of drug-likeness (QED) is 0.901. The summed E-state index contributed by atoms with van der Waals surface area (Å²) < 4.78 is 0. The Bertz CT molecular complexity index is 657. The predicted molar refractivity (Wildman–Crippen MR) is 99.3 cm³/mol. The van der Waals surface area contributed by atoms with Crippen LogP contribution in [0.15, 0.2) is 60.7 Å². The fourth-order valence-electron chi connectivity index (χ4n) is 3.26. The van der Waals surface area contributed by atoms with Crippen molar-refractivity contribution >= 4 is 23.2 Å². The van der Waals surface area contributed by atoms with Gasteiger partial charge in [0.05, 0.1) is 12.1 Å². The monoisotopic (exact) mass is 337 g/mol. The highest BCUT2D eigenvalue weighted by atomic mass is 16.2. The summed E-state index contributed by atoms with van der Waals surface area (Å²) in [5.74, 6) is -0.128. The van der Waals surface area contributed by atoms with Crippen LogP contribution in [0.2, 0.25) is 0 Å². The molecule has 1 fully saturated rings. The molecular formula is C20H23N3O2. The number of para-hydroxylation sites is 2. The van der Waals surface area contributed by atoms with Crippen molar-refractivity contribution in [3.8, 4) is 0 Å². The smallest absolute Gasteiger partial charge is 0.241 e. The molecule has 25 heavy (non-hydrogen) atoms. The molecular weight excluding hydrogens is 314 g/mol. The van der Waals surface area contributed by atoms with Crippen molar-refractivity contribution in [1.82, 2.24) is 4.90 Å². The van der Waals surface area contributed by atoms with Crippen molar-refractivity contribution in [1.29, 1.82) is 0 Å². The Balaban J connectivity index is 1.65. The Morgan fingerprint density at radius 2 is 1.20 bits per heavy atom. The van der Waals surface area contributed by atoms with E-state index in [4.69, 9.17) is 0 Å². The standard InChI is InChI=1S/C20H23N3O2/c1-23-17(19(24)21-15-9-4-2-5-10-15)13-8-14-18(23)20(25)22-16-11-6-3-7-12-16/h2-7,9-12,17-18H,8,13-14H2,1H3,(H,21,24)(H,22,25)/t17-,18-/m1/s1. The predicted octanol–water partition coefficient (Wildman–Crippen LogP) is 3.12. The van der Waals surface area contributed by atoms with Crippen LogP contribution < -0.4 is 10.6 Å². The third kappa shape index (κ3) is 4.25. The molecule has 5 nitrogen and oxygen atoms in total. The Morgan fingerprint density at radius 1 is 0.800 bits per heavy atom. The minimum atomic E-state index is -0.305. The highest BCUT2D eigenvalue weighted by molar-refractivity contribution is 5.98. The van der Waals surface area contributed by atoms with E-state index in [9.17, 15) is 9.59 Å². The maximum atomic E-state index is 12.6. The molecule has 1 saturated heterocycles. The lowest BCUT2D eigenvalue weighted by Gasteiger charge is -2.37. The number of anilines is 2. The summed E-state index contributed by atoms with van der Waals surface area (Å²) in [6, 6.07) is 18.2. The number of nitrogens with one attached hydrogen (secondary N) is 2. The van der Waals surface area contributed by atoms with E-state index in [-0.39, 0.29) is 23.9 Å². The fraction of sp³-hybridized carbons (Fsp3) is 0.300. The second-order valence-electron chi connectivity index (χ2n) is 6.34. The lowest BCUT2D eigenvalue weighted by atomic mass is 9.95. The zero-order chi connectivity index (χ0) is 17.6. The molecule has 2 atom stereocenters. The van der Waals surface area contributed by atoms with E-state index in [1.54, 1.807) is 0 Å². The molecule has 0 saturated carbocycles. The number of hydrogen-bond acceptors (Lipinski definition) is 3. The van der Waals surface area contributed by atoms with Gasteiger partial charge < -0.3 is 10.6 Å². The van der Waals surface area contributed by atoms with Gasteiger partial charge in [0.2, 0.25) is 11.8 Å². The fourth-order valence-corrected chi connectivity index (χ4v) is 3.26. The van der Waals surface area contributed by atoms with Crippen LogP contribution in [0.1, 0.15) is 19.3 Å². The number of hydrogen-bond donors (Lipinski definition) is 2. The first-order valence-electron chi connectivity index (χ1n) is 8.59. The SMILES string of the molecule is CN1[C@@H](C(=O)Nc2ccccc2)CCC[C@@H]1C(=O)Nc1ccccc1. The van der Waals surface area contributed by atoms with Crippen LogP contribution in [0, 0.1) is 0 Å². The van der Waals surface area contributed by atoms with Crippen LogP contribution >= 0.6 is 0 Å². The summed E-state index contributed by atoms with van der Waals surface area (Å²) >= 11 is 0. The number of likely N-dealkylation sites (tertiary alicyclic amines) is 1. The van der Waals surface area contributed by atoms with Gasteiger partial charge in [-0.15, -0.1) is 0 Å². The molecule has 1 heterocycles. The molecule has 1 aliphatic heterocycles. The first kappa shape index (κ1) is 17.2. The topological polar surface area (TPSA) is 61.4 Å². The molecule has 5 heteroatoms. The van der Waals surface area contributed by atoms with E-state index in [0.29, 0.717) is 0 Å². The molecule has 2 N–H and O–H groups in total. The molecule has 0 aromatic heterocycles. The maximum Gasteiger partial charge on any atom is 0.241 e. The van der Waals surface area contributed by atoms with Crippen molar-refractivity contribution < 1.29 is 9.59 Å². The second kappa shape index (κ2) is 7.94. The number of benzene rings is 2. The van der Waals surface area contributed by atoms with Gasteiger partial charge >= 0.3 is 0 Å². The molecule has 1 aliphatic rings. The van der Waals surface area contributed by atoms with E-state index in [0.717, 1.165) is 30.6 Å². The van der Waals surface area contributed by atoms with Crippen molar-refractivity contribution in [3.63, 3.8) is 0 Å². The van der Waals surface area contributed by atoms with Gasteiger partial charge in [0, 0.05) is 11.4 Å². The third-order valence-electron chi connectivity index (χ3n) is 4.63. The highest BCUT2D eigenvalue weighted by Gasteiger charge is 2.36. The van der Waals surface area contributed by atoms with E-state index < -0.39 is 0 Å². The molecule has 0 spiro atoms. The van der Waals surface area contributed by atoms with Crippen molar-refractivity contribution in [2.24, 2.45) is 0 Å². The summed E-state index contributed by atoms with van der Waals surface area (Å²) in [4.78, 5) is 27.1. The second-order valence-corrected chi connectivity index (χ2v) is 6.34. The third-order valence-corrected chi connectivity index (χ3v) is 4.63. The molecule has 2 aromatic rings. The van der Waals surface area contributed by atoms with Gasteiger partial charge in [-0.3, -0.25) is 14.5 Å². The van der Waals surface area contributed by atoms with E-state index in [2.05, 4.69) is 10.6 Å². The summed E-state index contributed by atoms with van der Waals surface area (Å²) in [6.45, 7) is 0. The van der Waals surface area contributed by atoms with Crippen LogP contribution in [0.5, 0.6) is 0 Å². The van der Waals surface area contributed by atoms with Crippen LogP contribution in [0.25, 0.3) is 0 Å². The summed E-state index contributed by atoms with van der Waals surface area (Å²) in [5, 5.41) is 5.88. The summed E-state index contributed by atoms with van der Waals surface area (Å²) in [5.41, 5.74) is 1.55. The normalized spacial score (nSPS) is 20.7. The Hall–Kier alpha value is -2.66. The molecule has 130 valence electrons. The average Bonchev–Trinajstić information content (AvgIpc) is 2.63. The number of nitrogens with zero attached hydrogens (tertiary/aromatic N) is 1. The zero-order valence-corrected chi connectivity index (χ0v) is 14.3. The number of carbonyl (C=O) groups excluding carboxylic acids is 2. The summed E-state index contributed by atoms with van der Waals surface area (Å²) in [6.07, 6.45) is 2.36. The molecule has 0 unspecified atom stereocenters. The lowest BCUT2D eigenvalue weighted by molar-refractivity contribution is -0.128. The first-order valence-corrected chi connectivity index (χ1v) is 8.59. The van der Waals surface area contributed by atoms with Crippen LogP contribution in [0.3, 0.4) is 0 Å². The molecule has 0 radical (unpaired) electrons. The highest BCUT2D eigenvalue weighted by Crippen LogP contribution is 2.24. The van der Waals surface area contributed by atoms with Crippen molar-refractivity contribution in [3.05, 3.63) is 60.7 Å². The molecule has 3 rings (SSSR count). The number of carbonyl (C=O) groups is 2. The molecule has 2 aromatic carbocycles. The number of amides is 2. The van der Waals surface area contributed by atoms with E-state index in [1.165, 1.54) is 0 Å². The zero-order valence-electron chi connectivity index (χ0n) is 14.3. The van der Waals surface area contributed by atoms with Crippen molar-refractivity contribution in [2.45, 2.75) is 31.3 Å². The summed E-state index contributed by atoms with van der Waals surface area (Å²) in [7, 11) is 1.85. The first-order chi connectivity index (χ1) is 12.1. The van der Waals surface area contributed by atoms with Gasteiger partial charge in [0.1, 0.15) is 0 Å². The van der Waals surface area contributed by atoms with Crippen molar-refractivity contribution in [2.75, 3.05) is 17.7 Å². The molecule has 0 aliphatic carbocycles. The maximum absolute atomic E-state index is 12.6. The average molecular weight is 337 g/mol. The number of rotatable bonds is 4. The van der Waals surface area contributed by atoms with Gasteiger partial charge in [0.25, 0.3) is 0 Å². The minimum Gasteiger partial charge on any atom is -0.325 e. The Labute approximate surface area is 148 Å². The minimum absolute atomic E-state index is 0.0640. The number of piperidine rings is 1. The van der Waals surface area contributed by atoms with E-state index >= 15 is 0 Å². The Kier molecular flexibility index (Phi) is 5.46. The van der Waals surface area contributed by atoms with Crippen LogP contribution in [-0.2, 0) is 9.59 Å². The molecule has 0 bridgehead atoms. The number of likely N-dealkylation sites (N-methyl/N-ethyl adjacent to an activating group) is 1. The largest absolute Gasteiger partial charge is 0.325 e. The van der Waals surface area contributed by atoms with Gasteiger partial charge in [-0.2, -0.15) is 0 Å². The van der Waals surface area contributed by atoms with E-state index in [1.807, 2.05) is 72.6 Å². The van der Waals surface area contributed by atoms with Gasteiger partial charge in [-0.05, 0) is 50.6 Å². The molecule has 2 amide bonds. The van der Waals surface area contributed by atoms with Crippen LogP contribution in [-0.4, -0.2) is 35.8 Å². The lowest BCUT2D eigenvalue weighted by Crippen LogP contribution is -2.54. The Morgan fingerprint density at radius 3 is 1.60 bits per heavy atom. The van der Waals surface area contributed by atoms with Crippen LogP contribution in [0.4, 0.5) is 11.4 Å².